The summed E-state index contributed by atoms with van der Waals surface area (Å²) in [6, 6.07) is 18.7. The predicted molar refractivity (Wildman–Crippen MR) is 106 cm³/mol. The Morgan fingerprint density at radius 3 is 2.11 bits per heavy atom. The molecule has 0 atom stereocenters. The van der Waals surface area contributed by atoms with Gasteiger partial charge in [-0.3, -0.25) is 4.31 Å². The second kappa shape index (κ2) is 8.31. The summed E-state index contributed by atoms with van der Waals surface area (Å²) < 4.78 is 51.5. The van der Waals surface area contributed by atoms with Crippen LogP contribution >= 0.6 is 0 Å². The largest absolute Gasteiger partial charge is 0.497 e. The first kappa shape index (κ1) is 19.7. The molecule has 0 saturated carbocycles. The number of ether oxygens (including phenoxy) is 2. The molecule has 0 unspecified atom stereocenters. The molecule has 3 rings (SSSR count). The van der Waals surface area contributed by atoms with Gasteiger partial charge in [-0.15, -0.1) is 0 Å². The SMILES string of the molecule is COc1ccc(N(Cc2cccc(OC)c2)S(=O)(=O)c2ccc(F)cc2)cc1. The fourth-order valence-electron chi connectivity index (χ4n) is 2.73. The molecule has 0 spiro atoms. The molecule has 0 N–H and O–H groups in total. The molecule has 0 aliphatic heterocycles. The molecule has 0 radical (unpaired) electrons. The van der Waals surface area contributed by atoms with Gasteiger partial charge in [-0.05, 0) is 66.2 Å². The Kier molecular flexibility index (Phi) is 5.84. The van der Waals surface area contributed by atoms with E-state index in [4.69, 9.17) is 9.47 Å². The first-order valence-electron chi connectivity index (χ1n) is 8.49. The Bertz CT molecular complexity index is 1030. The molecule has 0 bridgehead atoms. The smallest absolute Gasteiger partial charge is 0.264 e. The molecule has 0 fully saturated rings. The van der Waals surface area contributed by atoms with Crippen LogP contribution in [0.25, 0.3) is 0 Å². The minimum absolute atomic E-state index is 0.00705. The number of sulfonamides is 1. The zero-order valence-electron chi connectivity index (χ0n) is 15.5. The molecular weight excluding hydrogens is 381 g/mol. The van der Waals surface area contributed by atoms with Crippen molar-refractivity contribution in [3.05, 3.63) is 84.2 Å². The van der Waals surface area contributed by atoms with E-state index in [2.05, 4.69) is 0 Å². The number of halogens is 1. The number of benzene rings is 3. The molecule has 5 nitrogen and oxygen atoms in total. The van der Waals surface area contributed by atoms with Crippen molar-refractivity contribution in [3.63, 3.8) is 0 Å². The van der Waals surface area contributed by atoms with Crippen LogP contribution in [0.3, 0.4) is 0 Å². The summed E-state index contributed by atoms with van der Waals surface area (Å²) in [5.74, 6) is 0.748. The average molecular weight is 401 g/mol. The molecular formula is C21H20FNO4S. The van der Waals surface area contributed by atoms with E-state index in [1.165, 1.54) is 23.5 Å². The maximum absolute atomic E-state index is 13.3. The van der Waals surface area contributed by atoms with Crippen LogP contribution in [0.5, 0.6) is 11.5 Å². The van der Waals surface area contributed by atoms with Gasteiger partial charge in [-0.1, -0.05) is 12.1 Å². The number of rotatable bonds is 7. The van der Waals surface area contributed by atoms with Gasteiger partial charge in [0.05, 0.1) is 31.3 Å². The van der Waals surface area contributed by atoms with Crippen molar-refractivity contribution >= 4 is 15.7 Å². The Morgan fingerprint density at radius 2 is 1.50 bits per heavy atom. The number of anilines is 1. The van der Waals surface area contributed by atoms with Gasteiger partial charge in [0.2, 0.25) is 0 Å². The number of methoxy groups -OCH3 is 2. The van der Waals surface area contributed by atoms with Crippen molar-refractivity contribution in [2.75, 3.05) is 18.5 Å². The summed E-state index contributed by atoms with van der Waals surface area (Å²) in [6.45, 7) is 0.0865. The Hall–Kier alpha value is -3.06. The van der Waals surface area contributed by atoms with E-state index >= 15 is 0 Å². The van der Waals surface area contributed by atoms with Crippen molar-refractivity contribution < 1.29 is 22.3 Å². The van der Waals surface area contributed by atoms with Gasteiger partial charge in [0.25, 0.3) is 10.0 Å². The first-order valence-corrected chi connectivity index (χ1v) is 9.93. The monoisotopic (exact) mass is 401 g/mol. The lowest BCUT2D eigenvalue weighted by Gasteiger charge is -2.25. The van der Waals surface area contributed by atoms with Crippen molar-refractivity contribution in [2.24, 2.45) is 0 Å². The van der Waals surface area contributed by atoms with Gasteiger partial charge in [-0.25, -0.2) is 12.8 Å². The van der Waals surface area contributed by atoms with Gasteiger partial charge in [0, 0.05) is 0 Å². The minimum atomic E-state index is -3.92. The van der Waals surface area contributed by atoms with Crippen LogP contribution in [0.15, 0.2) is 77.7 Å². The highest BCUT2D eigenvalue weighted by Crippen LogP contribution is 2.28. The second-order valence-corrected chi connectivity index (χ2v) is 7.88. The Morgan fingerprint density at radius 1 is 0.857 bits per heavy atom. The van der Waals surface area contributed by atoms with Crippen molar-refractivity contribution in [1.82, 2.24) is 0 Å². The van der Waals surface area contributed by atoms with Crippen LogP contribution < -0.4 is 13.8 Å². The van der Waals surface area contributed by atoms with Gasteiger partial charge in [-0.2, -0.15) is 0 Å². The van der Waals surface area contributed by atoms with E-state index < -0.39 is 15.8 Å². The van der Waals surface area contributed by atoms with E-state index in [9.17, 15) is 12.8 Å². The van der Waals surface area contributed by atoms with Crippen molar-refractivity contribution in [1.29, 1.82) is 0 Å². The molecule has 0 heterocycles. The highest BCUT2D eigenvalue weighted by atomic mass is 32.2. The van der Waals surface area contributed by atoms with Gasteiger partial charge >= 0.3 is 0 Å². The van der Waals surface area contributed by atoms with Crippen LogP contribution in [0, 0.1) is 5.82 Å². The highest BCUT2D eigenvalue weighted by Gasteiger charge is 2.25. The van der Waals surface area contributed by atoms with Crippen LogP contribution in [-0.2, 0) is 16.6 Å². The van der Waals surface area contributed by atoms with Gasteiger partial charge < -0.3 is 9.47 Å². The molecule has 0 saturated heterocycles. The highest BCUT2D eigenvalue weighted by molar-refractivity contribution is 7.92. The summed E-state index contributed by atoms with van der Waals surface area (Å²) in [5.41, 5.74) is 1.22. The maximum Gasteiger partial charge on any atom is 0.264 e. The lowest BCUT2D eigenvalue weighted by Crippen LogP contribution is -2.30. The van der Waals surface area contributed by atoms with E-state index in [-0.39, 0.29) is 11.4 Å². The third-order valence-electron chi connectivity index (χ3n) is 4.22. The summed E-state index contributed by atoms with van der Waals surface area (Å²) in [7, 11) is -0.832. The summed E-state index contributed by atoms with van der Waals surface area (Å²) in [4.78, 5) is 0.00705. The van der Waals surface area contributed by atoms with Crippen LogP contribution in [-0.4, -0.2) is 22.6 Å². The van der Waals surface area contributed by atoms with Crippen molar-refractivity contribution in [3.8, 4) is 11.5 Å². The summed E-state index contributed by atoms with van der Waals surface area (Å²) in [6.07, 6.45) is 0. The van der Waals surface area contributed by atoms with Crippen molar-refractivity contribution in [2.45, 2.75) is 11.4 Å². The molecule has 0 aliphatic rings. The number of nitrogens with zero attached hydrogens (tertiary/aromatic N) is 1. The molecule has 3 aromatic carbocycles. The number of hydrogen-bond donors (Lipinski definition) is 0. The predicted octanol–water partition coefficient (Wildman–Crippen LogP) is 4.24. The van der Waals surface area contributed by atoms with Gasteiger partial charge in [0.1, 0.15) is 17.3 Å². The standard InChI is InChI=1S/C21H20FNO4S/c1-26-19-10-8-18(9-11-19)23(15-16-4-3-5-20(14-16)27-2)28(24,25)21-12-6-17(22)7-13-21/h3-14H,15H2,1-2H3. The molecule has 0 aliphatic carbocycles. The molecule has 3 aromatic rings. The molecule has 7 heteroatoms. The molecule has 28 heavy (non-hydrogen) atoms. The van der Waals surface area contributed by atoms with Gasteiger partial charge in [0.15, 0.2) is 0 Å². The zero-order valence-corrected chi connectivity index (χ0v) is 16.3. The van der Waals surface area contributed by atoms with E-state index in [0.29, 0.717) is 17.2 Å². The minimum Gasteiger partial charge on any atom is -0.497 e. The fourth-order valence-corrected chi connectivity index (χ4v) is 4.19. The molecule has 0 aromatic heterocycles. The maximum atomic E-state index is 13.3. The third kappa shape index (κ3) is 4.26. The normalized spacial score (nSPS) is 11.1. The Labute approximate surface area is 164 Å². The average Bonchev–Trinajstić information content (AvgIpc) is 2.72. The third-order valence-corrected chi connectivity index (χ3v) is 6.01. The lowest BCUT2D eigenvalue weighted by atomic mass is 10.2. The van der Waals surface area contributed by atoms with Crippen LogP contribution in [0.4, 0.5) is 10.1 Å². The molecule has 0 amide bonds. The first-order chi connectivity index (χ1) is 13.4. The van der Waals surface area contributed by atoms with Crippen LogP contribution in [0.1, 0.15) is 5.56 Å². The fraction of sp³-hybridized carbons (Fsp3) is 0.143. The number of hydrogen-bond acceptors (Lipinski definition) is 4. The zero-order chi connectivity index (χ0) is 20.1. The topological polar surface area (TPSA) is 55.8 Å². The van der Waals surface area contributed by atoms with Crippen LogP contribution in [0.2, 0.25) is 0 Å². The van der Waals surface area contributed by atoms with E-state index in [1.54, 1.807) is 49.6 Å². The Balaban J connectivity index is 2.05. The second-order valence-electron chi connectivity index (χ2n) is 6.02. The summed E-state index contributed by atoms with van der Waals surface area (Å²) in [5, 5.41) is 0. The van der Waals surface area contributed by atoms with E-state index in [1.807, 2.05) is 6.07 Å². The van der Waals surface area contributed by atoms with E-state index in [0.717, 1.165) is 17.7 Å². The molecule has 146 valence electrons. The lowest BCUT2D eigenvalue weighted by molar-refractivity contribution is 0.414. The quantitative estimate of drug-likeness (QED) is 0.594. The summed E-state index contributed by atoms with van der Waals surface area (Å²) >= 11 is 0.